The summed E-state index contributed by atoms with van der Waals surface area (Å²) >= 11 is 3.79. The van der Waals surface area contributed by atoms with Gasteiger partial charge in [-0.05, 0) is 25.2 Å². The fraction of sp³-hybridized carbons (Fsp3) is 1.00. The van der Waals surface area contributed by atoms with Gasteiger partial charge in [0.05, 0.1) is 0 Å². The number of alkyl halides is 1. The van der Waals surface area contributed by atoms with Gasteiger partial charge in [-0.25, -0.2) is 0 Å². The molecule has 1 aliphatic carbocycles. The molecule has 0 amide bonds. The minimum Gasteiger partial charge on any atom is -0.0888 e. The molecule has 78 valence electrons. The molecule has 0 spiro atoms. The standard InChI is InChI=1S/C12H23Br/c1-2-3-4-5-6-8-11-9-7-10-12(11)13/h11-12H,2-10H2,1H3. The summed E-state index contributed by atoms with van der Waals surface area (Å²) in [6.45, 7) is 2.28. The minimum absolute atomic E-state index is 0.846. The van der Waals surface area contributed by atoms with Gasteiger partial charge in [-0.15, -0.1) is 0 Å². The third-order valence-electron chi connectivity index (χ3n) is 3.24. The average molecular weight is 247 g/mol. The molecule has 0 aromatic rings. The van der Waals surface area contributed by atoms with Crippen molar-refractivity contribution in [2.24, 2.45) is 5.92 Å². The van der Waals surface area contributed by atoms with Gasteiger partial charge in [0.15, 0.2) is 0 Å². The van der Waals surface area contributed by atoms with Crippen LogP contribution in [0.15, 0.2) is 0 Å². The molecule has 1 heteroatoms. The predicted molar refractivity (Wildman–Crippen MR) is 63.4 cm³/mol. The molecule has 1 saturated carbocycles. The van der Waals surface area contributed by atoms with Crippen LogP contribution in [-0.2, 0) is 0 Å². The first-order valence-corrected chi connectivity index (χ1v) is 6.90. The molecule has 0 radical (unpaired) electrons. The van der Waals surface area contributed by atoms with E-state index in [0.717, 1.165) is 10.7 Å². The Morgan fingerprint density at radius 2 is 1.85 bits per heavy atom. The highest BCUT2D eigenvalue weighted by atomic mass is 79.9. The number of unbranched alkanes of at least 4 members (excludes halogenated alkanes) is 4. The lowest BCUT2D eigenvalue weighted by molar-refractivity contribution is 0.474. The van der Waals surface area contributed by atoms with E-state index in [4.69, 9.17) is 0 Å². The van der Waals surface area contributed by atoms with Crippen LogP contribution in [0.1, 0.15) is 64.7 Å². The van der Waals surface area contributed by atoms with Crippen LogP contribution in [0, 0.1) is 5.92 Å². The summed E-state index contributed by atoms with van der Waals surface area (Å²) in [5.41, 5.74) is 0. The summed E-state index contributed by atoms with van der Waals surface area (Å²) in [5.74, 6) is 1.00. The van der Waals surface area contributed by atoms with Crippen molar-refractivity contribution in [1.29, 1.82) is 0 Å². The van der Waals surface area contributed by atoms with Crippen molar-refractivity contribution < 1.29 is 0 Å². The highest BCUT2D eigenvalue weighted by Gasteiger charge is 2.23. The summed E-state index contributed by atoms with van der Waals surface area (Å²) in [4.78, 5) is 0.846. The van der Waals surface area contributed by atoms with Crippen molar-refractivity contribution in [2.75, 3.05) is 0 Å². The summed E-state index contributed by atoms with van der Waals surface area (Å²) in [6, 6.07) is 0. The minimum atomic E-state index is 0.846. The van der Waals surface area contributed by atoms with Gasteiger partial charge in [0.1, 0.15) is 0 Å². The lowest BCUT2D eigenvalue weighted by Crippen LogP contribution is -2.05. The normalized spacial score (nSPS) is 28.2. The fourth-order valence-corrected chi connectivity index (χ4v) is 3.18. The first-order chi connectivity index (χ1) is 6.34. The number of rotatable bonds is 6. The molecule has 2 atom stereocenters. The Bertz CT molecular complexity index is 122. The van der Waals surface area contributed by atoms with Gasteiger partial charge in [0, 0.05) is 4.83 Å². The van der Waals surface area contributed by atoms with Crippen molar-refractivity contribution >= 4 is 15.9 Å². The maximum atomic E-state index is 3.79. The Kier molecular flexibility index (Phi) is 6.10. The highest BCUT2D eigenvalue weighted by Crippen LogP contribution is 2.34. The molecule has 0 nitrogen and oxygen atoms in total. The maximum Gasteiger partial charge on any atom is 0.0174 e. The van der Waals surface area contributed by atoms with Crippen molar-refractivity contribution in [2.45, 2.75) is 69.5 Å². The Morgan fingerprint density at radius 1 is 1.08 bits per heavy atom. The molecule has 0 N–H and O–H groups in total. The Hall–Kier alpha value is 0.480. The van der Waals surface area contributed by atoms with E-state index >= 15 is 0 Å². The largest absolute Gasteiger partial charge is 0.0888 e. The first-order valence-electron chi connectivity index (χ1n) is 5.98. The second-order valence-corrected chi connectivity index (χ2v) is 5.59. The monoisotopic (exact) mass is 246 g/mol. The molecular weight excluding hydrogens is 224 g/mol. The van der Waals surface area contributed by atoms with Gasteiger partial charge in [-0.3, -0.25) is 0 Å². The molecule has 0 aliphatic heterocycles. The van der Waals surface area contributed by atoms with Gasteiger partial charge in [0.25, 0.3) is 0 Å². The van der Waals surface area contributed by atoms with Crippen molar-refractivity contribution in [3.63, 3.8) is 0 Å². The van der Waals surface area contributed by atoms with Crippen molar-refractivity contribution in [1.82, 2.24) is 0 Å². The Labute approximate surface area is 91.6 Å². The van der Waals surface area contributed by atoms with E-state index in [0.29, 0.717) is 0 Å². The maximum absolute atomic E-state index is 3.79. The van der Waals surface area contributed by atoms with Crippen molar-refractivity contribution in [3.05, 3.63) is 0 Å². The molecule has 13 heavy (non-hydrogen) atoms. The third-order valence-corrected chi connectivity index (χ3v) is 4.45. The van der Waals surface area contributed by atoms with Gasteiger partial charge in [-0.1, -0.05) is 61.4 Å². The predicted octanol–water partition coefficient (Wildman–Crippen LogP) is 4.91. The van der Waals surface area contributed by atoms with E-state index in [1.807, 2.05) is 0 Å². The zero-order valence-electron chi connectivity index (χ0n) is 8.90. The smallest absolute Gasteiger partial charge is 0.0174 e. The second-order valence-electron chi connectivity index (χ2n) is 4.41. The molecule has 1 rings (SSSR count). The van der Waals surface area contributed by atoms with Crippen LogP contribution in [0.3, 0.4) is 0 Å². The lowest BCUT2D eigenvalue weighted by Gasteiger charge is -2.12. The zero-order chi connectivity index (χ0) is 9.52. The molecule has 0 aromatic carbocycles. The van der Waals surface area contributed by atoms with Crippen LogP contribution in [0.2, 0.25) is 0 Å². The molecule has 0 heterocycles. The Balaban J connectivity index is 1.93. The summed E-state index contributed by atoms with van der Waals surface area (Å²) in [6.07, 6.45) is 13.0. The molecule has 2 unspecified atom stereocenters. The van der Waals surface area contributed by atoms with Crippen LogP contribution >= 0.6 is 15.9 Å². The number of hydrogen-bond acceptors (Lipinski definition) is 0. The quantitative estimate of drug-likeness (QED) is 0.462. The van der Waals surface area contributed by atoms with Crippen LogP contribution < -0.4 is 0 Å². The van der Waals surface area contributed by atoms with Crippen LogP contribution in [0.4, 0.5) is 0 Å². The zero-order valence-corrected chi connectivity index (χ0v) is 10.5. The van der Waals surface area contributed by atoms with Crippen LogP contribution in [-0.4, -0.2) is 4.83 Å². The summed E-state index contributed by atoms with van der Waals surface area (Å²) < 4.78 is 0. The second kappa shape index (κ2) is 6.86. The van der Waals surface area contributed by atoms with Gasteiger partial charge >= 0.3 is 0 Å². The average Bonchev–Trinajstić information content (AvgIpc) is 2.52. The molecule has 0 bridgehead atoms. The fourth-order valence-electron chi connectivity index (χ4n) is 2.33. The third kappa shape index (κ3) is 4.49. The molecule has 1 fully saturated rings. The SMILES string of the molecule is CCCCCCCC1CCCC1Br. The molecule has 0 saturated heterocycles. The van der Waals surface area contributed by atoms with Crippen LogP contribution in [0.5, 0.6) is 0 Å². The lowest BCUT2D eigenvalue weighted by atomic mass is 9.99. The molecule has 1 aliphatic rings. The Morgan fingerprint density at radius 3 is 2.46 bits per heavy atom. The van der Waals surface area contributed by atoms with Gasteiger partial charge in [-0.2, -0.15) is 0 Å². The highest BCUT2D eigenvalue weighted by molar-refractivity contribution is 9.09. The number of hydrogen-bond donors (Lipinski definition) is 0. The van der Waals surface area contributed by atoms with E-state index in [9.17, 15) is 0 Å². The van der Waals surface area contributed by atoms with E-state index < -0.39 is 0 Å². The van der Waals surface area contributed by atoms with E-state index in [1.54, 1.807) is 0 Å². The van der Waals surface area contributed by atoms with E-state index in [2.05, 4.69) is 22.9 Å². The van der Waals surface area contributed by atoms with Crippen LogP contribution in [0.25, 0.3) is 0 Å². The van der Waals surface area contributed by atoms with Gasteiger partial charge in [0.2, 0.25) is 0 Å². The van der Waals surface area contributed by atoms with E-state index in [-0.39, 0.29) is 0 Å². The van der Waals surface area contributed by atoms with E-state index in [1.165, 1.54) is 57.8 Å². The molecular formula is C12H23Br. The summed E-state index contributed by atoms with van der Waals surface area (Å²) in [5, 5.41) is 0. The molecule has 0 aromatic heterocycles. The number of halogens is 1. The first kappa shape index (κ1) is 11.6. The summed E-state index contributed by atoms with van der Waals surface area (Å²) in [7, 11) is 0. The topological polar surface area (TPSA) is 0 Å². The van der Waals surface area contributed by atoms with Gasteiger partial charge < -0.3 is 0 Å². The van der Waals surface area contributed by atoms with Crippen molar-refractivity contribution in [3.8, 4) is 0 Å².